The zero-order chi connectivity index (χ0) is 17.1. The average molecular weight is 331 g/mol. The molecule has 1 saturated heterocycles. The number of carboxylic acids is 1. The minimum absolute atomic E-state index is 0.0323. The Morgan fingerprint density at radius 2 is 1.96 bits per heavy atom. The zero-order valence-electron chi connectivity index (χ0n) is 14.2. The first-order valence-corrected chi connectivity index (χ1v) is 8.83. The van der Waals surface area contributed by atoms with E-state index in [1.54, 1.807) is 4.90 Å². The molecule has 5 heteroatoms. The van der Waals surface area contributed by atoms with Crippen molar-refractivity contribution in [2.75, 3.05) is 13.2 Å². The van der Waals surface area contributed by atoms with Crippen LogP contribution in [0.3, 0.4) is 0 Å². The number of hydrogen-bond donors (Lipinski definition) is 1. The van der Waals surface area contributed by atoms with Crippen LogP contribution >= 0.6 is 0 Å². The second-order valence-corrected chi connectivity index (χ2v) is 6.84. The summed E-state index contributed by atoms with van der Waals surface area (Å²) < 4.78 is 5.69. The van der Waals surface area contributed by atoms with Crippen LogP contribution in [-0.2, 0) is 22.4 Å². The van der Waals surface area contributed by atoms with E-state index in [4.69, 9.17) is 4.74 Å². The fourth-order valence-corrected chi connectivity index (χ4v) is 3.85. The van der Waals surface area contributed by atoms with Gasteiger partial charge in [0.1, 0.15) is 5.75 Å². The molecule has 130 valence electrons. The van der Waals surface area contributed by atoms with E-state index in [0.717, 1.165) is 25.0 Å². The molecule has 0 spiro atoms. The fourth-order valence-electron chi connectivity index (χ4n) is 3.85. The van der Waals surface area contributed by atoms with Gasteiger partial charge < -0.3 is 14.7 Å². The van der Waals surface area contributed by atoms with Gasteiger partial charge in [-0.3, -0.25) is 9.59 Å². The molecule has 2 aliphatic rings. The van der Waals surface area contributed by atoms with Crippen molar-refractivity contribution in [2.24, 2.45) is 5.92 Å². The highest BCUT2D eigenvalue weighted by Gasteiger charge is 2.35. The number of carbonyl (C=O) groups excluding carboxylic acids is 1. The summed E-state index contributed by atoms with van der Waals surface area (Å²) in [5.41, 5.74) is 2.71. The molecular weight excluding hydrogens is 306 g/mol. The first kappa shape index (κ1) is 16.8. The lowest BCUT2D eigenvalue weighted by atomic mass is 9.90. The monoisotopic (exact) mass is 331 g/mol. The molecule has 1 amide bonds. The molecule has 1 aliphatic carbocycles. The SMILES string of the molecule is C[C@@H]1[C@H](C(=O)O)CCCN1C(=O)COc1ccc2c(c1)CCCC2. The summed E-state index contributed by atoms with van der Waals surface area (Å²) in [5, 5.41) is 9.26. The topological polar surface area (TPSA) is 66.8 Å². The number of carboxylic acid groups (broad SMARTS) is 1. The Bertz CT molecular complexity index is 628. The third-order valence-corrected chi connectivity index (χ3v) is 5.31. The van der Waals surface area contributed by atoms with Gasteiger partial charge in [0.15, 0.2) is 6.61 Å². The average Bonchev–Trinajstić information content (AvgIpc) is 2.59. The predicted octanol–water partition coefficient (Wildman–Crippen LogP) is 2.66. The number of benzene rings is 1. The second-order valence-electron chi connectivity index (χ2n) is 6.84. The maximum atomic E-state index is 12.4. The lowest BCUT2D eigenvalue weighted by Crippen LogP contribution is -2.50. The Morgan fingerprint density at radius 3 is 2.71 bits per heavy atom. The Hall–Kier alpha value is -2.04. The minimum atomic E-state index is -0.824. The molecule has 0 saturated carbocycles. The van der Waals surface area contributed by atoms with Crippen LogP contribution in [0.15, 0.2) is 18.2 Å². The molecule has 0 bridgehead atoms. The number of aryl methyl sites for hydroxylation is 2. The predicted molar refractivity (Wildman–Crippen MR) is 90.1 cm³/mol. The fraction of sp³-hybridized carbons (Fsp3) is 0.579. The van der Waals surface area contributed by atoms with Crippen molar-refractivity contribution in [1.29, 1.82) is 0 Å². The van der Waals surface area contributed by atoms with Gasteiger partial charge in [-0.25, -0.2) is 0 Å². The third-order valence-electron chi connectivity index (χ3n) is 5.31. The largest absolute Gasteiger partial charge is 0.484 e. The molecule has 0 unspecified atom stereocenters. The molecule has 5 nitrogen and oxygen atoms in total. The highest BCUT2D eigenvalue weighted by atomic mass is 16.5. The number of nitrogens with zero attached hydrogens (tertiary/aromatic N) is 1. The van der Waals surface area contributed by atoms with Crippen LogP contribution in [0.5, 0.6) is 5.75 Å². The number of rotatable bonds is 4. The van der Waals surface area contributed by atoms with Crippen LogP contribution in [0, 0.1) is 5.92 Å². The summed E-state index contributed by atoms with van der Waals surface area (Å²) in [5.74, 6) is -0.711. The summed E-state index contributed by atoms with van der Waals surface area (Å²) >= 11 is 0. The van der Waals surface area contributed by atoms with Gasteiger partial charge >= 0.3 is 5.97 Å². The molecule has 1 heterocycles. The van der Waals surface area contributed by atoms with Crippen LogP contribution in [0.2, 0.25) is 0 Å². The summed E-state index contributed by atoms with van der Waals surface area (Å²) in [7, 11) is 0. The number of piperidine rings is 1. The van der Waals surface area contributed by atoms with Gasteiger partial charge in [-0.1, -0.05) is 6.07 Å². The van der Waals surface area contributed by atoms with Crippen LogP contribution < -0.4 is 4.74 Å². The van der Waals surface area contributed by atoms with Crippen molar-refractivity contribution in [3.8, 4) is 5.75 Å². The molecule has 24 heavy (non-hydrogen) atoms. The highest BCUT2D eigenvalue weighted by Crippen LogP contribution is 2.26. The number of aliphatic carboxylic acids is 1. The number of likely N-dealkylation sites (tertiary alicyclic amines) is 1. The molecule has 1 fully saturated rings. The van der Waals surface area contributed by atoms with E-state index < -0.39 is 11.9 Å². The molecule has 1 aromatic rings. The molecule has 3 rings (SSSR count). The van der Waals surface area contributed by atoms with E-state index in [1.165, 1.54) is 24.0 Å². The van der Waals surface area contributed by atoms with E-state index in [0.29, 0.717) is 13.0 Å². The molecule has 0 radical (unpaired) electrons. The number of ether oxygens (including phenoxy) is 1. The van der Waals surface area contributed by atoms with Gasteiger partial charge in [0.05, 0.1) is 5.92 Å². The molecule has 0 aromatic heterocycles. The van der Waals surface area contributed by atoms with Crippen molar-refractivity contribution in [2.45, 2.75) is 51.5 Å². The van der Waals surface area contributed by atoms with Crippen molar-refractivity contribution < 1.29 is 19.4 Å². The number of fused-ring (bicyclic) bond motifs is 1. The van der Waals surface area contributed by atoms with Crippen molar-refractivity contribution in [3.05, 3.63) is 29.3 Å². The van der Waals surface area contributed by atoms with Gasteiger partial charge in [0.2, 0.25) is 0 Å². The zero-order valence-corrected chi connectivity index (χ0v) is 14.2. The molecule has 1 aromatic carbocycles. The standard InChI is InChI=1S/C19H25NO4/c1-13-17(19(22)23)7-4-10-20(13)18(21)12-24-16-9-8-14-5-2-3-6-15(14)11-16/h8-9,11,13,17H,2-7,10,12H2,1H3,(H,22,23)/t13-,17-/m1/s1. The van der Waals surface area contributed by atoms with Crippen LogP contribution in [0.1, 0.15) is 43.7 Å². The quantitative estimate of drug-likeness (QED) is 0.921. The molecule has 2 atom stereocenters. The van der Waals surface area contributed by atoms with Crippen LogP contribution in [-0.4, -0.2) is 41.1 Å². The van der Waals surface area contributed by atoms with Gasteiger partial charge in [-0.15, -0.1) is 0 Å². The van der Waals surface area contributed by atoms with Crippen LogP contribution in [0.25, 0.3) is 0 Å². The first-order valence-electron chi connectivity index (χ1n) is 8.83. The highest BCUT2D eigenvalue weighted by molar-refractivity contribution is 5.80. The summed E-state index contributed by atoms with van der Waals surface area (Å²) in [4.78, 5) is 25.4. The maximum absolute atomic E-state index is 12.4. The Morgan fingerprint density at radius 1 is 1.21 bits per heavy atom. The summed E-state index contributed by atoms with van der Waals surface area (Å²) in [6.07, 6.45) is 6.00. The lowest BCUT2D eigenvalue weighted by molar-refractivity contribution is -0.149. The third kappa shape index (κ3) is 3.55. The van der Waals surface area contributed by atoms with Gasteiger partial charge in [0.25, 0.3) is 5.91 Å². The Kier molecular flexibility index (Phi) is 5.07. The van der Waals surface area contributed by atoms with Gasteiger partial charge in [-0.2, -0.15) is 0 Å². The van der Waals surface area contributed by atoms with Crippen molar-refractivity contribution >= 4 is 11.9 Å². The Balaban J connectivity index is 1.60. The number of hydrogen-bond acceptors (Lipinski definition) is 3. The van der Waals surface area contributed by atoms with Crippen molar-refractivity contribution in [3.63, 3.8) is 0 Å². The summed E-state index contributed by atoms with van der Waals surface area (Å²) in [6.45, 7) is 2.39. The molecular formula is C19H25NO4. The minimum Gasteiger partial charge on any atom is -0.484 e. The van der Waals surface area contributed by atoms with Crippen LogP contribution in [0.4, 0.5) is 0 Å². The van der Waals surface area contributed by atoms with E-state index >= 15 is 0 Å². The van der Waals surface area contributed by atoms with E-state index in [1.807, 2.05) is 19.1 Å². The Labute approximate surface area is 142 Å². The molecule has 1 N–H and O–H groups in total. The lowest BCUT2D eigenvalue weighted by Gasteiger charge is -2.37. The number of amides is 1. The first-order chi connectivity index (χ1) is 11.6. The smallest absolute Gasteiger partial charge is 0.308 e. The molecule has 1 aliphatic heterocycles. The van der Waals surface area contributed by atoms with E-state index in [2.05, 4.69) is 6.07 Å². The van der Waals surface area contributed by atoms with Gasteiger partial charge in [0, 0.05) is 12.6 Å². The van der Waals surface area contributed by atoms with Gasteiger partial charge in [-0.05, 0) is 68.7 Å². The summed E-state index contributed by atoms with van der Waals surface area (Å²) in [6, 6.07) is 5.78. The van der Waals surface area contributed by atoms with E-state index in [-0.39, 0.29) is 18.6 Å². The normalized spacial score (nSPS) is 23.5. The van der Waals surface area contributed by atoms with Crippen molar-refractivity contribution in [1.82, 2.24) is 4.90 Å². The van der Waals surface area contributed by atoms with E-state index in [9.17, 15) is 14.7 Å². The maximum Gasteiger partial charge on any atom is 0.308 e. The second kappa shape index (κ2) is 7.24. The number of carbonyl (C=O) groups is 2.